The van der Waals surface area contributed by atoms with E-state index < -0.39 is 23.1 Å². The van der Waals surface area contributed by atoms with Crippen molar-refractivity contribution in [1.29, 1.82) is 0 Å². The molecule has 0 amide bonds. The topological polar surface area (TPSA) is 32.6 Å². The maximum atomic E-state index is 13.2. The molecule has 0 aliphatic carbocycles. The Morgan fingerprint density at radius 2 is 1.93 bits per heavy atom. The van der Waals surface area contributed by atoms with Crippen molar-refractivity contribution in [2.45, 2.75) is 6.18 Å². The first kappa shape index (κ1) is 12.0. The van der Waals surface area contributed by atoms with E-state index in [4.69, 9.17) is 5.21 Å². The van der Waals surface area contributed by atoms with Gasteiger partial charge in [0, 0.05) is 10.0 Å². The van der Waals surface area contributed by atoms with E-state index in [1.807, 2.05) is 0 Å². The number of benzene rings is 1. The molecule has 0 saturated carbocycles. The number of halogens is 5. The zero-order chi connectivity index (χ0) is 11.6. The van der Waals surface area contributed by atoms with Crippen molar-refractivity contribution in [1.82, 2.24) is 0 Å². The molecule has 0 fully saturated rings. The fraction of sp³-hybridized carbons (Fsp3) is 0.125. The van der Waals surface area contributed by atoms with Crippen LogP contribution in [0.4, 0.5) is 17.6 Å². The third-order valence-electron chi connectivity index (χ3n) is 1.57. The summed E-state index contributed by atoms with van der Waals surface area (Å²) in [6.07, 6.45) is -4.19. The number of hydrogen-bond acceptors (Lipinski definition) is 2. The van der Waals surface area contributed by atoms with Gasteiger partial charge in [-0.3, -0.25) is 0 Å². The van der Waals surface area contributed by atoms with Crippen molar-refractivity contribution in [2.24, 2.45) is 5.16 Å². The molecule has 1 rings (SSSR count). The molecule has 0 saturated heterocycles. The van der Waals surface area contributed by atoms with Crippen molar-refractivity contribution >= 4 is 22.1 Å². The van der Waals surface area contributed by atoms with Crippen LogP contribution in [0.5, 0.6) is 0 Å². The van der Waals surface area contributed by atoms with Gasteiger partial charge in [0.1, 0.15) is 5.82 Å². The highest BCUT2D eigenvalue weighted by molar-refractivity contribution is 9.10. The van der Waals surface area contributed by atoms with Gasteiger partial charge in [-0.15, -0.1) is 0 Å². The Bertz CT molecular complexity index is 402. The second-order valence-electron chi connectivity index (χ2n) is 2.60. The summed E-state index contributed by atoms with van der Waals surface area (Å²) in [5.74, 6) is -1.47. The first-order valence-corrected chi connectivity index (χ1v) is 4.39. The summed E-state index contributed by atoms with van der Waals surface area (Å²) < 4.78 is 50.1. The summed E-state index contributed by atoms with van der Waals surface area (Å²) in [7, 11) is 0. The summed E-state index contributed by atoms with van der Waals surface area (Å²) in [5, 5.41) is 10.6. The van der Waals surface area contributed by atoms with Crippen LogP contribution in [0.15, 0.2) is 21.8 Å². The summed E-state index contributed by atoms with van der Waals surface area (Å²) in [4.78, 5) is 0. The minimum Gasteiger partial charge on any atom is -0.411 e. The van der Waals surface area contributed by atoms with Crippen LogP contribution in [0.2, 0.25) is 0 Å². The van der Waals surface area contributed by atoms with Gasteiger partial charge in [0.25, 0.3) is 0 Å². The second-order valence-corrected chi connectivity index (χ2v) is 3.51. The van der Waals surface area contributed by atoms with Crippen molar-refractivity contribution in [3.8, 4) is 0 Å². The fourth-order valence-electron chi connectivity index (χ4n) is 0.973. The van der Waals surface area contributed by atoms with Gasteiger partial charge in [-0.05, 0) is 12.1 Å². The maximum Gasteiger partial charge on any atom is 0.419 e. The van der Waals surface area contributed by atoms with Crippen molar-refractivity contribution in [2.75, 3.05) is 0 Å². The van der Waals surface area contributed by atoms with E-state index in [0.717, 1.165) is 6.07 Å². The molecule has 0 atom stereocenters. The third kappa shape index (κ3) is 2.68. The Morgan fingerprint density at radius 3 is 2.40 bits per heavy atom. The van der Waals surface area contributed by atoms with Crippen LogP contribution in [0.25, 0.3) is 0 Å². The Hall–Kier alpha value is -1.11. The zero-order valence-electron chi connectivity index (χ0n) is 7.02. The average molecular weight is 286 g/mol. The van der Waals surface area contributed by atoms with Gasteiger partial charge in [-0.1, -0.05) is 21.1 Å². The Balaban J connectivity index is 3.41. The molecule has 0 unspecified atom stereocenters. The van der Waals surface area contributed by atoms with Gasteiger partial charge < -0.3 is 5.21 Å². The minimum absolute atomic E-state index is 0.0473. The number of hydrogen-bond donors (Lipinski definition) is 1. The lowest BCUT2D eigenvalue weighted by molar-refractivity contribution is -0.140. The van der Waals surface area contributed by atoms with Crippen LogP contribution in [0.1, 0.15) is 11.1 Å². The molecule has 1 aromatic rings. The van der Waals surface area contributed by atoms with Gasteiger partial charge in [0.15, 0.2) is 0 Å². The molecule has 0 aliphatic rings. The highest BCUT2D eigenvalue weighted by Gasteiger charge is 2.35. The molecular formula is C8H4BrF4NO. The lowest BCUT2D eigenvalue weighted by Crippen LogP contribution is -2.10. The Labute approximate surface area is 90.3 Å². The molecule has 0 aliphatic heterocycles. The van der Waals surface area contributed by atoms with Crippen LogP contribution in [0.3, 0.4) is 0 Å². The largest absolute Gasteiger partial charge is 0.419 e. The Morgan fingerprint density at radius 1 is 1.33 bits per heavy atom. The predicted octanol–water partition coefficient (Wildman–Crippen LogP) is 3.42. The van der Waals surface area contributed by atoms with Gasteiger partial charge >= 0.3 is 6.18 Å². The van der Waals surface area contributed by atoms with E-state index in [9.17, 15) is 17.6 Å². The summed E-state index contributed by atoms with van der Waals surface area (Å²) in [6, 6.07) is 1.69. The molecule has 0 radical (unpaired) electrons. The van der Waals surface area contributed by atoms with Gasteiger partial charge in [0.05, 0.1) is 11.8 Å². The highest BCUT2D eigenvalue weighted by Crippen LogP contribution is 2.34. The molecule has 0 aromatic heterocycles. The van der Waals surface area contributed by atoms with E-state index in [0.29, 0.717) is 12.3 Å². The number of rotatable bonds is 1. The van der Waals surface area contributed by atoms with Crippen molar-refractivity contribution < 1.29 is 22.8 Å². The van der Waals surface area contributed by atoms with E-state index in [1.54, 1.807) is 0 Å². The molecule has 2 nitrogen and oxygen atoms in total. The van der Waals surface area contributed by atoms with Gasteiger partial charge in [-0.25, -0.2) is 4.39 Å². The molecule has 0 spiro atoms. The van der Waals surface area contributed by atoms with Crippen LogP contribution in [-0.2, 0) is 6.18 Å². The van der Waals surface area contributed by atoms with Gasteiger partial charge in [0.2, 0.25) is 0 Å². The normalized spacial score (nSPS) is 12.3. The smallest absolute Gasteiger partial charge is 0.411 e. The van der Waals surface area contributed by atoms with Crippen molar-refractivity contribution in [3.63, 3.8) is 0 Å². The lowest BCUT2D eigenvalue weighted by Gasteiger charge is -2.09. The van der Waals surface area contributed by atoms with Crippen LogP contribution in [-0.4, -0.2) is 11.4 Å². The molecule has 15 heavy (non-hydrogen) atoms. The van der Waals surface area contributed by atoms with E-state index in [1.165, 1.54) is 0 Å². The number of nitrogens with zero attached hydrogens (tertiary/aromatic N) is 1. The van der Waals surface area contributed by atoms with E-state index >= 15 is 0 Å². The molecule has 1 N–H and O–H groups in total. The SMILES string of the molecule is ON=Cc1cc(Br)cc(C(F)(F)F)c1F. The van der Waals surface area contributed by atoms with Crippen LogP contribution in [0, 0.1) is 5.82 Å². The van der Waals surface area contributed by atoms with Crippen LogP contribution < -0.4 is 0 Å². The summed E-state index contributed by atoms with van der Waals surface area (Å²) >= 11 is 2.80. The molecule has 0 bridgehead atoms. The predicted molar refractivity (Wildman–Crippen MR) is 48.5 cm³/mol. The molecule has 7 heteroatoms. The van der Waals surface area contributed by atoms with Gasteiger partial charge in [-0.2, -0.15) is 13.2 Å². The quantitative estimate of drug-likeness (QED) is 0.365. The van der Waals surface area contributed by atoms with E-state index in [-0.39, 0.29) is 4.47 Å². The fourth-order valence-corrected chi connectivity index (χ4v) is 1.45. The third-order valence-corrected chi connectivity index (χ3v) is 2.03. The highest BCUT2D eigenvalue weighted by atomic mass is 79.9. The molecule has 0 heterocycles. The summed E-state index contributed by atoms with van der Waals surface area (Å²) in [6.45, 7) is 0. The van der Waals surface area contributed by atoms with Crippen LogP contribution >= 0.6 is 15.9 Å². The Kier molecular flexibility index (Phi) is 3.33. The molecular weight excluding hydrogens is 282 g/mol. The second kappa shape index (κ2) is 4.18. The standard InChI is InChI=1S/C8H4BrF4NO/c9-5-1-4(3-14-15)7(10)6(2-5)8(11,12)13/h1-3,15H. The minimum atomic E-state index is -4.79. The molecule has 1 aromatic carbocycles. The molecule has 82 valence electrons. The number of alkyl halides is 3. The maximum absolute atomic E-state index is 13.2. The van der Waals surface area contributed by atoms with E-state index in [2.05, 4.69) is 21.1 Å². The zero-order valence-corrected chi connectivity index (χ0v) is 8.60. The summed E-state index contributed by atoms with van der Waals surface area (Å²) in [5.41, 5.74) is -1.86. The average Bonchev–Trinajstić information content (AvgIpc) is 2.09. The lowest BCUT2D eigenvalue weighted by atomic mass is 10.1. The first-order valence-electron chi connectivity index (χ1n) is 3.60. The number of oxime groups is 1. The monoisotopic (exact) mass is 285 g/mol. The van der Waals surface area contributed by atoms with Crippen molar-refractivity contribution in [3.05, 3.63) is 33.5 Å². The first-order chi connectivity index (χ1) is 6.86.